The SMILES string of the molecule is Cn1c(=O)c(OCNCc2ccc(C#N)cc2)cc2ccnc(OCC3(S(=N)N4CCC4)CC3)c21. The van der Waals surface area contributed by atoms with Crippen molar-refractivity contribution in [2.75, 3.05) is 26.4 Å². The highest BCUT2D eigenvalue weighted by Gasteiger charge is 2.50. The van der Waals surface area contributed by atoms with Crippen molar-refractivity contribution >= 4 is 21.8 Å². The van der Waals surface area contributed by atoms with Crippen molar-refractivity contribution in [3.63, 3.8) is 0 Å². The van der Waals surface area contributed by atoms with Crippen LogP contribution in [0.25, 0.3) is 10.9 Å². The molecule has 0 amide bonds. The van der Waals surface area contributed by atoms with E-state index in [4.69, 9.17) is 19.5 Å². The van der Waals surface area contributed by atoms with E-state index in [1.807, 2.05) is 18.2 Å². The third kappa shape index (κ3) is 4.80. The number of hydrogen-bond donors (Lipinski definition) is 2. The maximum absolute atomic E-state index is 13.0. The summed E-state index contributed by atoms with van der Waals surface area (Å²) in [7, 11) is 1.14. The Morgan fingerprint density at radius 3 is 2.66 bits per heavy atom. The van der Waals surface area contributed by atoms with Crippen LogP contribution in [0.15, 0.2) is 47.4 Å². The Labute approximate surface area is 206 Å². The molecule has 3 heterocycles. The zero-order chi connectivity index (χ0) is 24.4. The Bertz CT molecular complexity index is 1360. The molecule has 0 bridgehead atoms. The predicted molar refractivity (Wildman–Crippen MR) is 134 cm³/mol. The van der Waals surface area contributed by atoms with Crippen LogP contribution < -0.4 is 20.3 Å². The van der Waals surface area contributed by atoms with Gasteiger partial charge in [0.2, 0.25) is 5.88 Å². The van der Waals surface area contributed by atoms with Crippen molar-refractivity contribution in [3.8, 4) is 17.7 Å². The molecule has 3 aromatic rings. The molecule has 2 aliphatic rings. The summed E-state index contributed by atoms with van der Waals surface area (Å²) in [5, 5.41) is 12.9. The Kier molecular flexibility index (Phi) is 6.56. The maximum atomic E-state index is 13.0. The lowest BCUT2D eigenvalue weighted by molar-refractivity contribution is 0.277. The highest BCUT2D eigenvalue weighted by molar-refractivity contribution is 7.85. The van der Waals surface area contributed by atoms with Crippen LogP contribution in [0.4, 0.5) is 0 Å². The van der Waals surface area contributed by atoms with Gasteiger partial charge in [0, 0.05) is 38.3 Å². The number of nitriles is 1. The second kappa shape index (κ2) is 9.77. The van der Waals surface area contributed by atoms with Crippen molar-refractivity contribution in [1.82, 2.24) is 19.2 Å². The fraction of sp³-hybridized carbons (Fsp3) is 0.400. The molecule has 1 aromatic carbocycles. The Morgan fingerprint density at radius 1 is 1.23 bits per heavy atom. The van der Waals surface area contributed by atoms with E-state index < -0.39 is 10.9 Å². The molecule has 2 fully saturated rings. The van der Waals surface area contributed by atoms with Gasteiger partial charge in [0.05, 0.1) is 16.4 Å². The topological polar surface area (TPSA) is 116 Å². The van der Waals surface area contributed by atoms with Crippen molar-refractivity contribution < 1.29 is 9.47 Å². The lowest BCUT2D eigenvalue weighted by Crippen LogP contribution is -2.44. The molecule has 0 radical (unpaired) electrons. The number of ether oxygens (including phenoxy) is 2. The molecule has 2 N–H and O–H groups in total. The quantitative estimate of drug-likeness (QED) is 0.330. The summed E-state index contributed by atoms with van der Waals surface area (Å²) in [4.78, 5) is 17.4. The fourth-order valence-corrected chi connectivity index (χ4v) is 5.91. The predicted octanol–water partition coefficient (Wildman–Crippen LogP) is 2.84. The molecule has 5 rings (SSSR count). The van der Waals surface area contributed by atoms with Crippen molar-refractivity contribution in [2.45, 2.75) is 30.6 Å². The van der Waals surface area contributed by atoms with Gasteiger partial charge in [0.25, 0.3) is 5.56 Å². The van der Waals surface area contributed by atoms with Crippen LogP contribution in [0.3, 0.4) is 0 Å². The number of nitrogens with one attached hydrogen (secondary N) is 2. The number of benzene rings is 1. The smallest absolute Gasteiger partial charge is 0.293 e. The van der Waals surface area contributed by atoms with E-state index >= 15 is 0 Å². The number of aryl methyl sites for hydroxylation is 1. The van der Waals surface area contributed by atoms with Crippen LogP contribution in [0.5, 0.6) is 11.6 Å². The van der Waals surface area contributed by atoms with Gasteiger partial charge < -0.3 is 14.0 Å². The molecule has 1 saturated heterocycles. The van der Waals surface area contributed by atoms with E-state index in [0.29, 0.717) is 30.1 Å². The zero-order valence-corrected chi connectivity index (χ0v) is 20.4. The van der Waals surface area contributed by atoms with E-state index in [-0.39, 0.29) is 22.8 Å². The Morgan fingerprint density at radius 2 is 2.00 bits per heavy atom. The van der Waals surface area contributed by atoms with Crippen LogP contribution in [0.2, 0.25) is 0 Å². The highest BCUT2D eigenvalue weighted by Crippen LogP contribution is 2.44. The van der Waals surface area contributed by atoms with Gasteiger partial charge in [-0.3, -0.25) is 14.9 Å². The molecule has 1 atom stereocenters. The summed E-state index contributed by atoms with van der Waals surface area (Å²) in [6.07, 6.45) is 4.83. The first-order valence-electron chi connectivity index (χ1n) is 11.7. The molecule has 1 unspecified atom stereocenters. The summed E-state index contributed by atoms with van der Waals surface area (Å²) < 4.78 is 24.2. The normalized spacial score (nSPS) is 17.4. The second-order valence-corrected chi connectivity index (χ2v) is 10.9. The van der Waals surface area contributed by atoms with Crippen molar-refractivity contribution in [1.29, 1.82) is 10.0 Å². The first-order chi connectivity index (χ1) is 17.0. The Balaban J connectivity index is 1.25. The first-order valence-corrected chi connectivity index (χ1v) is 12.8. The molecule has 10 heteroatoms. The van der Waals surface area contributed by atoms with Crippen molar-refractivity contribution in [3.05, 3.63) is 64.1 Å². The molecule has 35 heavy (non-hydrogen) atoms. The molecule has 0 spiro atoms. The summed E-state index contributed by atoms with van der Waals surface area (Å²) in [5.74, 6) is 0.660. The molecule has 2 aromatic heterocycles. The Hall–Kier alpha value is -3.26. The van der Waals surface area contributed by atoms with E-state index in [2.05, 4.69) is 20.7 Å². The lowest BCUT2D eigenvalue weighted by Gasteiger charge is -2.35. The lowest BCUT2D eigenvalue weighted by atomic mass is 10.1. The van der Waals surface area contributed by atoms with Crippen LogP contribution in [0.1, 0.15) is 30.4 Å². The molecular formula is C25H28N6O3S. The van der Waals surface area contributed by atoms with Gasteiger partial charge in [-0.15, -0.1) is 0 Å². The van der Waals surface area contributed by atoms with Crippen LogP contribution in [-0.2, 0) is 24.5 Å². The largest absolute Gasteiger partial charge is 0.475 e. The average molecular weight is 493 g/mol. The van der Waals surface area contributed by atoms with E-state index in [1.54, 1.807) is 31.4 Å². The average Bonchev–Trinajstić information content (AvgIpc) is 3.64. The number of fused-ring (bicyclic) bond motifs is 1. The maximum Gasteiger partial charge on any atom is 0.293 e. The fourth-order valence-electron chi connectivity index (χ4n) is 4.08. The highest BCUT2D eigenvalue weighted by atomic mass is 32.2. The van der Waals surface area contributed by atoms with Crippen LogP contribution in [-0.4, -0.2) is 45.0 Å². The number of rotatable bonds is 10. The first kappa shape index (κ1) is 23.5. The van der Waals surface area contributed by atoms with Gasteiger partial charge in [-0.05, 0) is 60.0 Å². The molecular weight excluding hydrogens is 464 g/mol. The van der Waals surface area contributed by atoms with E-state index in [9.17, 15) is 4.79 Å². The summed E-state index contributed by atoms with van der Waals surface area (Å²) >= 11 is 0. The third-order valence-electron chi connectivity index (χ3n) is 6.56. The second-order valence-electron chi connectivity index (χ2n) is 8.99. The molecule has 1 aliphatic heterocycles. The van der Waals surface area contributed by atoms with Gasteiger partial charge in [-0.1, -0.05) is 12.1 Å². The van der Waals surface area contributed by atoms with Gasteiger partial charge in [0.15, 0.2) is 5.75 Å². The van der Waals surface area contributed by atoms with Gasteiger partial charge in [-0.2, -0.15) is 5.26 Å². The third-order valence-corrected chi connectivity index (χ3v) is 8.79. The van der Waals surface area contributed by atoms with Crippen molar-refractivity contribution in [2.24, 2.45) is 7.05 Å². The van der Waals surface area contributed by atoms with E-state index in [0.717, 1.165) is 36.9 Å². The zero-order valence-electron chi connectivity index (χ0n) is 19.6. The van der Waals surface area contributed by atoms with Crippen LogP contribution >= 0.6 is 0 Å². The van der Waals surface area contributed by atoms with Gasteiger partial charge in [-0.25, -0.2) is 9.29 Å². The standard InChI is InChI=1S/C25H28N6O3S/c1-30-22-20(7-10-29-23(22)33-16-25(8-9-25)35(27)31-11-2-12-31)13-21(24(30)32)34-17-28-15-19-5-3-18(14-26)4-6-19/h3-7,10,13,27-28H,2,8-9,11-12,15-17H2,1H3. The molecule has 9 nitrogen and oxygen atoms in total. The van der Waals surface area contributed by atoms with Crippen LogP contribution in [0, 0.1) is 16.1 Å². The minimum atomic E-state index is -0.548. The molecule has 182 valence electrons. The van der Waals surface area contributed by atoms with E-state index in [1.165, 1.54) is 11.0 Å². The summed E-state index contributed by atoms with van der Waals surface area (Å²) in [5.41, 5.74) is 1.99. The summed E-state index contributed by atoms with van der Waals surface area (Å²) in [6.45, 7) is 3.16. The number of aromatic nitrogens is 2. The number of pyridine rings is 2. The van der Waals surface area contributed by atoms with Gasteiger partial charge in [0.1, 0.15) is 18.9 Å². The summed E-state index contributed by atoms with van der Waals surface area (Å²) in [6, 6.07) is 13.0. The van der Waals surface area contributed by atoms with Gasteiger partial charge >= 0.3 is 0 Å². The number of hydrogen-bond acceptors (Lipinski definition) is 7. The minimum absolute atomic E-state index is 0.118. The monoisotopic (exact) mass is 492 g/mol. The molecule has 1 aliphatic carbocycles. The number of nitrogens with zero attached hydrogens (tertiary/aromatic N) is 4. The minimum Gasteiger partial charge on any atom is -0.475 e. The molecule has 1 saturated carbocycles.